The Hall–Kier alpha value is -6.26. The predicted octanol–water partition coefficient (Wildman–Crippen LogP) is 7.95. The third-order valence-corrected chi connectivity index (χ3v) is 12.1. The van der Waals surface area contributed by atoms with Gasteiger partial charge in [-0.1, -0.05) is 90.0 Å². The van der Waals surface area contributed by atoms with E-state index in [0.717, 1.165) is 10.6 Å². The van der Waals surface area contributed by atoms with Crippen molar-refractivity contribution in [1.29, 1.82) is 0 Å². The van der Waals surface area contributed by atoms with E-state index >= 15 is 4.79 Å². The van der Waals surface area contributed by atoms with Crippen molar-refractivity contribution >= 4 is 46.6 Å². The first-order chi connectivity index (χ1) is 27.2. The van der Waals surface area contributed by atoms with Crippen molar-refractivity contribution < 1.29 is 33.4 Å². The molecule has 0 radical (unpaired) electrons. The van der Waals surface area contributed by atoms with Gasteiger partial charge in [0.1, 0.15) is 23.9 Å². The highest BCUT2D eigenvalue weighted by Gasteiger charge is 2.70. The summed E-state index contributed by atoms with van der Waals surface area (Å²) in [6.45, 7) is 0.251. The van der Waals surface area contributed by atoms with Crippen molar-refractivity contribution in [2.24, 2.45) is 23.7 Å². The van der Waals surface area contributed by atoms with Crippen LogP contribution in [0.25, 0.3) is 0 Å². The maximum absolute atomic E-state index is 15.4. The molecule has 2 aliphatic heterocycles. The van der Waals surface area contributed by atoms with Crippen LogP contribution in [0.4, 0.5) is 15.8 Å². The van der Waals surface area contributed by atoms with Crippen LogP contribution in [0.5, 0.6) is 11.5 Å². The number of halogens is 2. The second-order valence-electron chi connectivity index (χ2n) is 14.7. The average Bonchev–Trinajstić information content (AvgIpc) is 3.59. The predicted molar refractivity (Wildman–Crippen MR) is 207 cm³/mol. The van der Waals surface area contributed by atoms with Gasteiger partial charge in [-0.2, -0.15) is 5.01 Å². The zero-order chi connectivity index (χ0) is 38.7. The van der Waals surface area contributed by atoms with Crippen LogP contribution in [0.2, 0.25) is 5.02 Å². The lowest BCUT2D eigenvalue weighted by Crippen LogP contribution is -2.53. The van der Waals surface area contributed by atoms with Crippen LogP contribution in [0, 0.1) is 29.5 Å². The number of aromatic hydroxyl groups is 1. The molecule has 3 fully saturated rings. The molecule has 2 aliphatic carbocycles. The van der Waals surface area contributed by atoms with Gasteiger partial charge < -0.3 is 9.84 Å². The summed E-state index contributed by atoms with van der Waals surface area (Å²) < 4.78 is 20.0. The number of carbonyl (C=O) groups excluding carboxylic acids is 4. The molecular weight excluding hydrogens is 733 g/mol. The van der Waals surface area contributed by atoms with E-state index in [1.54, 1.807) is 60.7 Å². The van der Waals surface area contributed by atoms with Crippen LogP contribution in [-0.2, 0) is 31.2 Å². The summed E-state index contributed by atoms with van der Waals surface area (Å²) in [7, 11) is 0. The molecular formula is C45H35ClFN3O6. The molecule has 11 heteroatoms. The number of carbonyl (C=O) groups is 4. The molecule has 2 heterocycles. The second kappa shape index (κ2) is 13.8. The van der Waals surface area contributed by atoms with Crippen LogP contribution in [0.3, 0.4) is 0 Å². The number of allylic oxidation sites excluding steroid dienone is 2. The normalized spacial score (nSPS) is 25.4. The number of hydrogen-bond donors (Lipinski definition) is 2. The molecule has 4 amide bonds. The smallest absolute Gasteiger partial charge is 0.260 e. The zero-order valence-corrected chi connectivity index (χ0v) is 30.6. The van der Waals surface area contributed by atoms with Crippen molar-refractivity contribution in [3.05, 3.63) is 167 Å². The fraction of sp³-hybridized carbons (Fsp3) is 0.200. The highest BCUT2D eigenvalue weighted by atomic mass is 35.5. The molecule has 0 unspecified atom stereocenters. The van der Waals surface area contributed by atoms with Gasteiger partial charge in [-0.25, -0.2) is 4.39 Å². The minimum atomic E-state index is -1.64. The monoisotopic (exact) mass is 767 g/mol. The number of rotatable bonds is 8. The molecule has 1 saturated carbocycles. The summed E-state index contributed by atoms with van der Waals surface area (Å²) in [4.78, 5) is 60.0. The third kappa shape index (κ3) is 5.58. The van der Waals surface area contributed by atoms with E-state index in [4.69, 9.17) is 16.3 Å². The highest BCUT2D eigenvalue weighted by Crippen LogP contribution is 2.65. The number of phenolic OH excluding ortho intramolecular Hbond substituents is 1. The first kappa shape index (κ1) is 35.4. The van der Waals surface area contributed by atoms with E-state index in [9.17, 15) is 23.9 Å². The van der Waals surface area contributed by atoms with Gasteiger partial charge in [0.15, 0.2) is 0 Å². The van der Waals surface area contributed by atoms with Crippen molar-refractivity contribution in [3.63, 3.8) is 0 Å². The van der Waals surface area contributed by atoms with Gasteiger partial charge in [0.2, 0.25) is 11.8 Å². The van der Waals surface area contributed by atoms with Gasteiger partial charge in [-0.3, -0.25) is 29.5 Å². The number of para-hydroxylation sites is 1. The molecule has 2 saturated heterocycles. The van der Waals surface area contributed by atoms with E-state index in [-0.39, 0.29) is 37.0 Å². The van der Waals surface area contributed by atoms with Gasteiger partial charge in [0.05, 0.1) is 34.5 Å². The zero-order valence-electron chi connectivity index (χ0n) is 29.8. The number of nitrogens with one attached hydrogen (secondary N) is 1. The Balaban J connectivity index is 1.21. The van der Waals surface area contributed by atoms with E-state index in [2.05, 4.69) is 5.43 Å². The standard InChI is InChI=1S/C45H35ClFN3O6/c46-28-13-11-27(12-14-28)45-37(42(53)50(44(45)55)48-30-17-15-29(47)16-18-30)24-36-33(21-22-35-39(36)43(54)49(41(35)52)31-9-5-2-6-10-31)40(45)34-20-19-32(23-38(34)51)56-25-26-7-3-1-4-8-26/h1-21,23,35-37,39-40,48,51H,22,24-25H2/t35-,36+,37-,39-,40+,45+/m0/s1. The molecule has 56 heavy (non-hydrogen) atoms. The minimum absolute atomic E-state index is 0.0684. The van der Waals surface area contributed by atoms with Gasteiger partial charge in [-0.05, 0) is 84.5 Å². The fourth-order valence-corrected chi connectivity index (χ4v) is 9.56. The van der Waals surface area contributed by atoms with E-state index in [1.807, 2.05) is 42.5 Å². The number of imide groups is 2. The van der Waals surface area contributed by atoms with Crippen molar-refractivity contribution in [1.82, 2.24) is 5.01 Å². The largest absolute Gasteiger partial charge is 0.508 e. The SMILES string of the molecule is O=C1[C@@H]2C[C@@H]3C(=CC[C@@H]4C(=O)N(c5ccccc5)C(=O)[C@@H]43)[C@H](c3ccc(OCc4ccccc4)cc3O)[C@]2(c2ccc(Cl)cc2)C(=O)N1Nc1ccc(F)cc1. The number of fused-ring (bicyclic) bond motifs is 4. The Kier molecular flexibility index (Phi) is 8.73. The summed E-state index contributed by atoms with van der Waals surface area (Å²) in [5.74, 6) is -6.25. The Morgan fingerprint density at radius 3 is 2.20 bits per heavy atom. The Labute approximate surface area is 326 Å². The molecule has 0 aromatic heterocycles. The lowest BCUT2D eigenvalue weighted by atomic mass is 9.49. The summed E-state index contributed by atoms with van der Waals surface area (Å²) >= 11 is 6.40. The highest BCUT2D eigenvalue weighted by molar-refractivity contribution is 6.30. The molecule has 9 rings (SSSR count). The van der Waals surface area contributed by atoms with Gasteiger partial charge in [0.25, 0.3) is 11.8 Å². The van der Waals surface area contributed by atoms with Crippen molar-refractivity contribution in [2.45, 2.75) is 30.8 Å². The molecule has 2 N–H and O–H groups in total. The van der Waals surface area contributed by atoms with Gasteiger partial charge >= 0.3 is 0 Å². The number of phenols is 1. The Morgan fingerprint density at radius 2 is 1.50 bits per heavy atom. The van der Waals surface area contributed by atoms with Gasteiger partial charge in [-0.15, -0.1) is 0 Å². The molecule has 4 aliphatic rings. The average molecular weight is 768 g/mol. The first-order valence-electron chi connectivity index (χ1n) is 18.5. The number of anilines is 2. The number of ether oxygens (including phenoxy) is 1. The van der Waals surface area contributed by atoms with Crippen LogP contribution in [0.1, 0.15) is 35.4 Å². The topological polar surface area (TPSA) is 116 Å². The summed E-state index contributed by atoms with van der Waals surface area (Å²) in [6.07, 6.45) is 2.22. The van der Waals surface area contributed by atoms with Crippen LogP contribution in [0.15, 0.2) is 139 Å². The summed E-state index contributed by atoms with van der Waals surface area (Å²) in [5.41, 5.74) is 4.54. The van der Waals surface area contributed by atoms with Crippen LogP contribution >= 0.6 is 11.6 Å². The third-order valence-electron chi connectivity index (χ3n) is 11.8. The fourth-order valence-electron chi connectivity index (χ4n) is 9.43. The molecule has 9 nitrogen and oxygen atoms in total. The quantitative estimate of drug-likeness (QED) is 0.122. The molecule has 5 aromatic rings. The second-order valence-corrected chi connectivity index (χ2v) is 15.2. The lowest BCUT2D eigenvalue weighted by molar-refractivity contribution is -0.138. The summed E-state index contributed by atoms with van der Waals surface area (Å²) in [5, 5.41) is 13.4. The first-order valence-corrected chi connectivity index (χ1v) is 18.8. The van der Waals surface area contributed by atoms with Crippen molar-refractivity contribution in [2.75, 3.05) is 10.3 Å². The maximum atomic E-state index is 15.4. The van der Waals surface area contributed by atoms with Crippen LogP contribution < -0.4 is 15.1 Å². The molecule has 0 spiro atoms. The molecule has 280 valence electrons. The number of hydrogen-bond acceptors (Lipinski definition) is 7. The number of amides is 4. The number of benzene rings is 5. The molecule has 6 atom stereocenters. The number of nitrogens with zero attached hydrogens (tertiary/aromatic N) is 2. The minimum Gasteiger partial charge on any atom is -0.508 e. The maximum Gasteiger partial charge on any atom is 0.260 e. The van der Waals surface area contributed by atoms with Gasteiger partial charge in [0, 0.05) is 22.6 Å². The molecule has 0 bridgehead atoms. The van der Waals surface area contributed by atoms with E-state index in [1.165, 1.54) is 35.2 Å². The van der Waals surface area contributed by atoms with Crippen LogP contribution in [-0.4, -0.2) is 33.7 Å². The van der Waals surface area contributed by atoms with Crippen molar-refractivity contribution in [3.8, 4) is 11.5 Å². The Morgan fingerprint density at radius 1 is 0.804 bits per heavy atom. The molecule has 5 aromatic carbocycles. The lowest BCUT2D eigenvalue weighted by Gasteiger charge is -2.50. The Bertz CT molecular complexity index is 2410. The number of hydrazine groups is 1. The van der Waals surface area contributed by atoms with E-state index in [0.29, 0.717) is 38.8 Å². The van der Waals surface area contributed by atoms with E-state index < -0.39 is 52.6 Å². The summed E-state index contributed by atoms with van der Waals surface area (Å²) in [6, 6.07) is 35.3.